The largest absolute Gasteiger partial charge is 0.383 e. The maximum absolute atomic E-state index is 12.9. The topological polar surface area (TPSA) is 58.8 Å². The molecule has 20 heavy (non-hydrogen) atoms. The number of ether oxygens (including phenoxy) is 1. The minimum Gasteiger partial charge on any atom is -0.383 e. The predicted octanol–water partition coefficient (Wildman–Crippen LogP) is 0.439. The summed E-state index contributed by atoms with van der Waals surface area (Å²) in [6.45, 7) is 5.41. The van der Waals surface area contributed by atoms with Crippen molar-refractivity contribution < 1.29 is 9.53 Å². The Labute approximate surface area is 121 Å². The van der Waals surface area contributed by atoms with Crippen molar-refractivity contribution in [2.24, 2.45) is 11.1 Å². The Hall–Kier alpha value is -0.650. The number of piperazine rings is 1. The maximum Gasteiger partial charge on any atom is 0.228 e. The normalized spacial score (nSPS) is 37.6. The van der Waals surface area contributed by atoms with Crippen LogP contribution in [0.1, 0.15) is 32.1 Å². The SMILES string of the molecule is COCCN1CCN(C(=O)C23CCC(N)(CC2)C3)CC1. The summed E-state index contributed by atoms with van der Waals surface area (Å²) in [5, 5.41) is 0. The Morgan fingerprint density at radius 1 is 1.15 bits per heavy atom. The molecule has 3 fully saturated rings. The third kappa shape index (κ3) is 2.47. The molecule has 3 rings (SSSR count). The Morgan fingerprint density at radius 3 is 2.30 bits per heavy atom. The summed E-state index contributed by atoms with van der Waals surface area (Å²) in [7, 11) is 1.73. The molecule has 2 saturated carbocycles. The predicted molar refractivity (Wildman–Crippen MR) is 77.3 cm³/mol. The summed E-state index contributed by atoms with van der Waals surface area (Å²) in [5.74, 6) is 0.383. The molecule has 3 aliphatic rings. The van der Waals surface area contributed by atoms with Gasteiger partial charge >= 0.3 is 0 Å². The minimum atomic E-state index is -0.108. The van der Waals surface area contributed by atoms with Crippen molar-refractivity contribution in [3.05, 3.63) is 0 Å². The van der Waals surface area contributed by atoms with E-state index in [1.807, 2.05) is 0 Å². The molecule has 0 unspecified atom stereocenters. The van der Waals surface area contributed by atoms with Crippen molar-refractivity contribution in [2.45, 2.75) is 37.6 Å². The highest BCUT2D eigenvalue weighted by Crippen LogP contribution is 2.56. The van der Waals surface area contributed by atoms with Crippen LogP contribution in [0.3, 0.4) is 0 Å². The highest BCUT2D eigenvalue weighted by Gasteiger charge is 2.57. The number of rotatable bonds is 4. The molecule has 0 aromatic carbocycles. The number of nitrogens with two attached hydrogens (primary N) is 1. The number of hydrogen-bond acceptors (Lipinski definition) is 4. The zero-order chi connectivity index (χ0) is 14.2. The average molecular weight is 281 g/mol. The van der Waals surface area contributed by atoms with Crippen LogP contribution < -0.4 is 5.73 Å². The summed E-state index contributed by atoms with van der Waals surface area (Å²) in [6, 6.07) is 0. The summed E-state index contributed by atoms with van der Waals surface area (Å²) < 4.78 is 5.11. The van der Waals surface area contributed by atoms with E-state index in [0.29, 0.717) is 5.91 Å². The van der Waals surface area contributed by atoms with Crippen LogP contribution in [0.25, 0.3) is 0 Å². The van der Waals surface area contributed by atoms with Crippen LogP contribution in [0, 0.1) is 5.41 Å². The van der Waals surface area contributed by atoms with Gasteiger partial charge in [-0.3, -0.25) is 9.69 Å². The summed E-state index contributed by atoms with van der Waals surface area (Å²) in [5.41, 5.74) is 6.20. The monoisotopic (exact) mass is 281 g/mol. The molecular formula is C15H27N3O2. The van der Waals surface area contributed by atoms with Gasteiger partial charge in [0.25, 0.3) is 0 Å². The van der Waals surface area contributed by atoms with Crippen LogP contribution in [0.2, 0.25) is 0 Å². The van der Waals surface area contributed by atoms with Gasteiger partial charge in [0.1, 0.15) is 0 Å². The first kappa shape index (κ1) is 14.3. The van der Waals surface area contributed by atoms with Gasteiger partial charge in [-0.1, -0.05) is 0 Å². The molecule has 1 saturated heterocycles. The molecule has 1 aliphatic heterocycles. The number of hydrogen-bond donors (Lipinski definition) is 1. The molecule has 0 aromatic rings. The maximum atomic E-state index is 12.9. The first-order valence-electron chi connectivity index (χ1n) is 7.87. The first-order valence-corrected chi connectivity index (χ1v) is 7.87. The molecule has 2 bridgehead atoms. The summed E-state index contributed by atoms with van der Waals surface area (Å²) >= 11 is 0. The number of carbonyl (C=O) groups excluding carboxylic acids is 1. The molecule has 2 N–H and O–H groups in total. The van der Waals surface area contributed by atoms with Crippen molar-refractivity contribution in [3.8, 4) is 0 Å². The van der Waals surface area contributed by atoms with Crippen molar-refractivity contribution in [3.63, 3.8) is 0 Å². The fourth-order valence-electron chi connectivity index (χ4n) is 4.27. The molecular weight excluding hydrogens is 254 g/mol. The molecule has 0 radical (unpaired) electrons. The third-order valence-corrected chi connectivity index (χ3v) is 5.62. The zero-order valence-electron chi connectivity index (χ0n) is 12.6. The zero-order valence-corrected chi connectivity index (χ0v) is 12.6. The number of fused-ring (bicyclic) bond motifs is 2. The van der Waals surface area contributed by atoms with Gasteiger partial charge in [-0.2, -0.15) is 0 Å². The van der Waals surface area contributed by atoms with Gasteiger partial charge in [-0.25, -0.2) is 0 Å². The highest BCUT2D eigenvalue weighted by atomic mass is 16.5. The van der Waals surface area contributed by atoms with Crippen molar-refractivity contribution in [1.82, 2.24) is 9.80 Å². The van der Waals surface area contributed by atoms with Crippen molar-refractivity contribution >= 4 is 5.91 Å². The molecule has 114 valence electrons. The van der Waals surface area contributed by atoms with Gasteiger partial charge in [-0.05, 0) is 32.1 Å². The standard InChI is InChI=1S/C15H27N3O2/c1-20-11-10-17-6-8-18(9-7-17)13(19)14-2-4-15(16,12-14)5-3-14/h2-12,16H2,1H3. The fraction of sp³-hybridized carbons (Fsp3) is 0.933. The average Bonchev–Trinajstić information content (AvgIpc) is 2.99. The van der Waals surface area contributed by atoms with E-state index >= 15 is 0 Å². The molecule has 5 nitrogen and oxygen atoms in total. The van der Waals surface area contributed by atoms with E-state index in [1.54, 1.807) is 7.11 Å². The second-order valence-corrected chi connectivity index (χ2v) is 6.95. The lowest BCUT2D eigenvalue weighted by Gasteiger charge is -2.39. The molecule has 0 atom stereocenters. The molecule has 5 heteroatoms. The van der Waals surface area contributed by atoms with Gasteiger partial charge < -0.3 is 15.4 Å². The van der Waals surface area contributed by atoms with Crippen LogP contribution in [0.15, 0.2) is 0 Å². The Morgan fingerprint density at radius 2 is 1.80 bits per heavy atom. The van der Waals surface area contributed by atoms with E-state index in [2.05, 4.69) is 9.80 Å². The van der Waals surface area contributed by atoms with Crippen molar-refractivity contribution in [1.29, 1.82) is 0 Å². The summed E-state index contributed by atoms with van der Waals surface area (Å²) in [4.78, 5) is 17.3. The first-order chi connectivity index (χ1) is 9.57. The number of methoxy groups -OCH3 is 1. The Bertz CT molecular complexity index is 369. The minimum absolute atomic E-state index is 0.0318. The third-order valence-electron chi connectivity index (χ3n) is 5.62. The van der Waals surface area contributed by atoms with E-state index in [4.69, 9.17) is 10.5 Å². The molecule has 2 aliphatic carbocycles. The highest BCUT2D eigenvalue weighted by molar-refractivity contribution is 5.84. The number of amides is 1. The van der Waals surface area contributed by atoms with Crippen LogP contribution in [-0.2, 0) is 9.53 Å². The second kappa shape index (κ2) is 5.28. The van der Waals surface area contributed by atoms with E-state index in [-0.39, 0.29) is 11.0 Å². The van der Waals surface area contributed by atoms with Gasteiger partial charge in [0.05, 0.1) is 12.0 Å². The Kier molecular flexibility index (Phi) is 3.77. The lowest BCUT2D eigenvalue weighted by atomic mass is 9.82. The van der Waals surface area contributed by atoms with E-state index < -0.39 is 0 Å². The van der Waals surface area contributed by atoms with Gasteiger partial charge in [0.15, 0.2) is 0 Å². The van der Waals surface area contributed by atoms with Crippen LogP contribution in [0.4, 0.5) is 0 Å². The lowest BCUT2D eigenvalue weighted by Crippen LogP contribution is -2.52. The summed E-state index contributed by atoms with van der Waals surface area (Å²) in [6.07, 6.45) is 5.00. The van der Waals surface area contributed by atoms with E-state index in [9.17, 15) is 4.79 Å². The number of nitrogens with zero attached hydrogens (tertiary/aromatic N) is 2. The van der Waals surface area contributed by atoms with Crippen LogP contribution >= 0.6 is 0 Å². The van der Waals surface area contributed by atoms with Gasteiger partial charge in [-0.15, -0.1) is 0 Å². The quantitative estimate of drug-likeness (QED) is 0.812. The lowest BCUT2D eigenvalue weighted by molar-refractivity contribution is -0.143. The number of carbonyl (C=O) groups is 1. The molecule has 0 aromatic heterocycles. The molecule has 0 spiro atoms. The van der Waals surface area contributed by atoms with Gasteiger partial charge in [0.2, 0.25) is 5.91 Å². The molecule has 1 amide bonds. The van der Waals surface area contributed by atoms with Crippen molar-refractivity contribution in [2.75, 3.05) is 46.4 Å². The van der Waals surface area contributed by atoms with Crippen LogP contribution in [0.5, 0.6) is 0 Å². The smallest absolute Gasteiger partial charge is 0.228 e. The molecule has 1 heterocycles. The fourth-order valence-corrected chi connectivity index (χ4v) is 4.27. The van der Waals surface area contributed by atoms with E-state index in [1.165, 1.54) is 0 Å². The van der Waals surface area contributed by atoms with Crippen LogP contribution in [-0.4, -0.2) is 67.7 Å². The van der Waals surface area contributed by atoms with Gasteiger partial charge in [0, 0.05) is 45.4 Å². The Balaban J connectivity index is 1.55. The second-order valence-electron chi connectivity index (χ2n) is 6.95. The van der Waals surface area contributed by atoms with E-state index in [0.717, 1.165) is 71.4 Å².